The van der Waals surface area contributed by atoms with E-state index in [1.807, 2.05) is 6.07 Å². The first kappa shape index (κ1) is 20.1. The summed E-state index contributed by atoms with van der Waals surface area (Å²) in [6, 6.07) is 8.61. The number of anilines is 1. The van der Waals surface area contributed by atoms with E-state index in [2.05, 4.69) is 20.4 Å². The topological polar surface area (TPSA) is 102 Å². The molecule has 11 heteroatoms. The fourth-order valence-electron chi connectivity index (χ4n) is 3.43. The molecular formula is C21H15F2N5O3S. The zero-order valence-corrected chi connectivity index (χ0v) is 17.2. The third-order valence-corrected chi connectivity index (χ3v) is 6.02. The fraction of sp³-hybridized carbons (Fsp3) is 0.143. The molecule has 8 nitrogen and oxygen atoms in total. The average molecular weight is 455 g/mol. The van der Waals surface area contributed by atoms with Gasteiger partial charge in [0, 0.05) is 12.5 Å². The van der Waals surface area contributed by atoms with E-state index in [1.54, 1.807) is 12.1 Å². The standard InChI is InChI=1S/C21H15F2N5O3S/c22-12-1-2-14(13(23)8-12)28-21(25-10-26-28)16-7-11-5-6-31-15-3-4-17(24-9-18(29)30)27-19(15)20(11)32-16/h1-4,7-8,10H,5-6,9H2,(H,24,27)(H,29,30). The van der Waals surface area contributed by atoms with Gasteiger partial charge < -0.3 is 15.2 Å². The number of carboxylic acid groups (broad SMARTS) is 1. The van der Waals surface area contributed by atoms with Crippen LogP contribution >= 0.6 is 11.3 Å². The summed E-state index contributed by atoms with van der Waals surface area (Å²) in [4.78, 5) is 21.3. The van der Waals surface area contributed by atoms with Gasteiger partial charge in [-0.25, -0.2) is 23.4 Å². The maximum atomic E-state index is 14.4. The van der Waals surface area contributed by atoms with Crippen LogP contribution in [-0.4, -0.2) is 44.0 Å². The maximum Gasteiger partial charge on any atom is 0.322 e. The van der Waals surface area contributed by atoms with Crippen LogP contribution in [0.5, 0.6) is 5.75 Å². The molecule has 32 heavy (non-hydrogen) atoms. The molecule has 0 fully saturated rings. The zero-order valence-electron chi connectivity index (χ0n) is 16.4. The van der Waals surface area contributed by atoms with Gasteiger partial charge in [-0.2, -0.15) is 5.10 Å². The molecule has 0 amide bonds. The summed E-state index contributed by atoms with van der Waals surface area (Å²) in [5.41, 5.74) is 1.65. The molecule has 1 aromatic carbocycles. The molecule has 0 radical (unpaired) electrons. The number of rotatable bonds is 5. The van der Waals surface area contributed by atoms with E-state index in [9.17, 15) is 13.6 Å². The first-order valence-electron chi connectivity index (χ1n) is 9.58. The number of ether oxygens (including phenoxy) is 1. The molecule has 0 saturated heterocycles. The van der Waals surface area contributed by atoms with E-state index in [4.69, 9.17) is 9.84 Å². The van der Waals surface area contributed by atoms with E-state index in [1.165, 1.54) is 28.4 Å². The lowest BCUT2D eigenvalue weighted by Crippen LogP contribution is -2.13. The molecular weight excluding hydrogens is 440 g/mol. The lowest BCUT2D eigenvalue weighted by Gasteiger charge is -2.09. The predicted molar refractivity (Wildman–Crippen MR) is 113 cm³/mol. The van der Waals surface area contributed by atoms with Gasteiger partial charge in [-0.15, -0.1) is 11.3 Å². The highest BCUT2D eigenvalue weighted by Crippen LogP contribution is 2.43. The Balaban J connectivity index is 1.57. The van der Waals surface area contributed by atoms with E-state index in [-0.39, 0.29) is 12.2 Å². The van der Waals surface area contributed by atoms with Crippen molar-refractivity contribution in [2.75, 3.05) is 18.5 Å². The van der Waals surface area contributed by atoms with Crippen LogP contribution in [0.25, 0.3) is 27.0 Å². The number of benzene rings is 1. The summed E-state index contributed by atoms with van der Waals surface area (Å²) in [5, 5.41) is 15.8. The van der Waals surface area contributed by atoms with Gasteiger partial charge in [0.1, 0.15) is 41.6 Å². The number of hydrogen-bond acceptors (Lipinski definition) is 7. The number of halogens is 2. The molecule has 2 N–H and O–H groups in total. The monoisotopic (exact) mass is 455 g/mol. The number of hydrogen-bond donors (Lipinski definition) is 2. The molecule has 0 atom stereocenters. The van der Waals surface area contributed by atoms with E-state index >= 15 is 0 Å². The largest absolute Gasteiger partial charge is 0.491 e. The minimum Gasteiger partial charge on any atom is -0.491 e. The zero-order chi connectivity index (χ0) is 22.2. The lowest BCUT2D eigenvalue weighted by molar-refractivity contribution is -0.134. The van der Waals surface area contributed by atoms with Crippen molar-refractivity contribution in [3.63, 3.8) is 0 Å². The molecule has 0 bridgehead atoms. The highest BCUT2D eigenvalue weighted by Gasteiger charge is 2.24. The van der Waals surface area contributed by atoms with Crippen molar-refractivity contribution in [1.82, 2.24) is 19.7 Å². The van der Waals surface area contributed by atoms with Crippen molar-refractivity contribution in [2.24, 2.45) is 0 Å². The molecule has 1 aliphatic rings. The quantitative estimate of drug-likeness (QED) is 0.472. The highest BCUT2D eigenvalue weighted by molar-refractivity contribution is 7.19. The van der Waals surface area contributed by atoms with Crippen LogP contribution in [0.4, 0.5) is 14.6 Å². The first-order chi connectivity index (χ1) is 15.5. The van der Waals surface area contributed by atoms with Gasteiger partial charge in [-0.05, 0) is 35.9 Å². The number of aromatic nitrogens is 4. The van der Waals surface area contributed by atoms with Gasteiger partial charge >= 0.3 is 5.97 Å². The van der Waals surface area contributed by atoms with E-state index < -0.39 is 17.6 Å². The van der Waals surface area contributed by atoms with Crippen molar-refractivity contribution in [3.8, 4) is 32.7 Å². The van der Waals surface area contributed by atoms with Crippen molar-refractivity contribution >= 4 is 23.1 Å². The van der Waals surface area contributed by atoms with Crippen molar-refractivity contribution in [1.29, 1.82) is 0 Å². The second-order valence-electron chi connectivity index (χ2n) is 6.95. The van der Waals surface area contributed by atoms with Crippen LogP contribution in [0, 0.1) is 11.6 Å². The Kier molecular flexibility index (Phi) is 5.02. The second kappa shape index (κ2) is 8.00. The van der Waals surface area contributed by atoms with Gasteiger partial charge in [0.25, 0.3) is 0 Å². The van der Waals surface area contributed by atoms with E-state index in [0.717, 1.165) is 27.5 Å². The van der Waals surface area contributed by atoms with Crippen LogP contribution in [0.15, 0.2) is 42.7 Å². The number of carbonyl (C=O) groups is 1. The Morgan fingerprint density at radius 1 is 1.25 bits per heavy atom. The Hall–Kier alpha value is -3.86. The number of aliphatic carboxylic acids is 1. The Labute approximate surface area is 184 Å². The van der Waals surface area contributed by atoms with E-state index in [0.29, 0.717) is 36.1 Å². The average Bonchev–Trinajstić information content (AvgIpc) is 3.36. The third kappa shape index (κ3) is 3.66. The summed E-state index contributed by atoms with van der Waals surface area (Å²) < 4.78 is 34.8. The number of fused-ring (bicyclic) bond motifs is 3. The Morgan fingerprint density at radius 3 is 2.94 bits per heavy atom. The molecule has 0 spiro atoms. The van der Waals surface area contributed by atoms with Gasteiger partial charge in [0.15, 0.2) is 11.6 Å². The third-order valence-electron chi connectivity index (χ3n) is 4.84. The molecule has 0 aliphatic carbocycles. The van der Waals surface area contributed by atoms with Crippen molar-refractivity contribution in [3.05, 3.63) is 59.9 Å². The molecule has 4 aromatic rings. The number of nitrogens with one attached hydrogen (secondary N) is 1. The minimum atomic E-state index is -0.996. The van der Waals surface area contributed by atoms with Crippen LogP contribution < -0.4 is 10.1 Å². The number of carboxylic acids is 1. The van der Waals surface area contributed by atoms with Crippen LogP contribution in [0.3, 0.4) is 0 Å². The number of pyridine rings is 1. The number of thiophene rings is 1. The minimum absolute atomic E-state index is 0.0875. The normalized spacial score (nSPS) is 12.4. The van der Waals surface area contributed by atoms with Gasteiger partial charge in [-0.3, -0.25) is 4.79 Å². The van der Waals surface area contributed by atoms with Crippen LogP contribution in [0.2, 0.25) is 0 Å². The smallest absolute Gasteiger partial charge is 0.322 e. The molecule has 1 aliphatic heterocycles. The molecule has 0 saturated carbocycles. The van der Waals surface area contributed by atoms with Gasteiger partial charge in [0.05, 0.1) is 16.4 Å². The van der Waals surface area contributed by atoms with Gasteiger partial charge in [0.2, 0.25) is 0 Å². The molecule has 4 heterocycles. The number of nitrogens with zero attached hydrogens (tertiary/aromatic N) is 4. The SMILES string of the molecule is O=C(O)CNc1ccc2c(n1)-c1sc(-c3ncnn3-c3ccc(F)cc3F)cc1CCO2. The summed E-state index contributed by atoms with van der Waals surface area (Å²) >= 11 is 1.39. The maximum absolute atomic E-state index is 14.4. The summed E-state index contributed by atoms with van der Waals surface area (Å²) in [7, 11) is 0. The Morgan fingerprint density at radius 2 is 2.12 bits per heavy atom. The fourth-order valence-corrected chi connectivity index (χ4v) is 4.61. The Bertz CT molecular complexity index is 1340. The highest BCUT2D eigenvalue weighted by atomic mass is 32.1. The first-order valence-corrected chi connectivity index (χ1v) is 10.4. The van der Waals surface area contributed by atoms with Crippen molar-refractivity contribution < 1.29 is 23.4 Å². The van der Waals surface area contributed by atoms with Gasteiger partial charge in [-0.1, -0.05) is 0 Å². The summed E-state index contributed by atoms with van der Waals surface area (Å²) in [6.45, 7) is 0.181. The van der Waals surface area contributed by atoms with Crippen LogP contribution in [0.1, 0.15) is 5.56 Å². The predicted octanol–water partition coefficient (Wildman–Crippen LogP) is 3.77. The van der Waals surface area contributed by atoms with Crippen molar-refractivity contribution in [2.45, 2.75) is 6.42 Å². The molecule has 5 rings (SSSR count). The molecule has 0 unspecified atom stereocenters. The molecule has 3 aromatic heterocycles. The molecule has 162 valence electrons. The summed E-state index contributed by atoms with van der Waals surface area (Å²) in [5.74, 6) is -1.01. The lowest BCUT2D eigenvalue weighted by atomic mass is 10.1. The van der Waals surface area contributed by atoms with Crippen LogP contribution in [-0.2, 0) is 11.2 Å². The second-order valence-corrected chi connectivity index (χ2v) is 8.00. The summed E-state index contributed by atoms with van der Waals surface area (Å²) in [6.07, 6.45) is 1.94.